The number of rotatable bonds is 3. The summed E-state index contributed by atoms with van der Waals surface area (Å²) in [7, 11) is 0. The first-order chi connectivity index (χ1) is 10.3. The molecule has 6 heteroatoms. The summed E-state index contributed by atoms with van der Waals surface area (Å²) in [6, 6.07) is 3.85. The van der Waals surface area contributed by atoms with Crippen molar-refractivity contribution in [2.24, 2.45) is 0 Å². The molecule has 0 aliphatic carbocycles. The molecule has 1 fully saturated rings. The molecule has 0 saturated carbocycles. The third-order valence-electron chi connectivity index (χ3n) is 3.72. The highest BCUT2D eigenvalue weighted by atomic mass is 16.5. The molecule has 0 spiro atoms. The van der Waals surface area contributed by atoms with Gasteiger partial charge >= 0.3 is 0 Å². The highest BCUT2D eigenvalue weighted by Crippen LogP contribution is 2.15. The lowest BCUT2D eigenvalue weighted by atomic mass is 10.1. The van der Waals surface area contributed by atoms with Crippen LogP contribution >= 0.6 is 0 Å². The molecule has 0 N–H and O–H groups in total. The largest absolute Gasteiger partial charge is 0.377 e. The second kappa shape index (κ2) is 6.05. The summed E-state index contributed by atoms with van der Waals surface area (Å²) in [5, 5.41) is 4.26. The lowest BCUT2D eigenvalue weighted by Gasteiger charge is -2.34. The van der Waals surface area contributed by atoms with E-state index < -0.39 is 0 Å². The second-order valence-corrected chi connectivity index (χ2v) is 5.01. The molecular weight excluding hydrogens is 268 g/mol. The maximum absolute atomic E-state index is 12.6. The number of ether oxygens (including phenoxy) is 1. The van der Waals surface area contributed by atoms with Crippen molar-refractivity contribution >= 4 is 5.91 Å². The van der Waals surface area contributed by atoms with E-state index in [1.54, 1.807) is 29.5 Å². The van der Waals surface area contributed by atoms with Crippen molar-refractivity contribution < 1.29 is 9.53 Å². The Morgan fingerprint density at radius 1 is 1.43 bits per heavy atom. The fourth-order valence-corrected chi connectivity index (χ4v) is 2.50. The minimum atomic E-state index is 0.0189. The molecule has 1 saturated heterocycles. The zero-order valence-corrected chi connectivity index (χ0v) is 12.0. The van der Waals surface area contributed by atoms with E-state index in [-0.39, 0.29) is 11.9 Å². The molecule has 2 aromatic rings. The van der Waals surface area contributed by atoms with Gasteiger partial charge in [0.05, 0.1) is 36.7 Å². The van der Waals surface area contributed by atoms with Gasteiger partial charge in [0, 0.05) is 25.1 Å². The molecule has 3 rings (SSSR count). The van der Waals surface area contributed by atoms with E-state index in [4.69, 9.17) is 4.74 Å². The van der Waals surface area contributed by atoms with Gasteiger partial charge in [-0.1, -0.05) is 6.92 Å². The molecule has 1 amide bonds. The van der Waals surface area contributed by atoms with Gasteiger partial charge in [0.25, 0.3) is 5.91 Å². The van der Waals surface area contributed by atoms with Gasteiger partial charge in [0.15, 0.2) is 0 Å². The van der Waals surface area contributed by atoms with Crippen LogP contribution in [0.4, 0.5) is 0 Å². The van der Waals surface area contributed by atoms with Gasteiger partial charge in [-0.15, -0.1) is 0 Å². The topological polar surface area (TPSA) is 60.2 Å². The van der Waals surface area contributed by atoms with Gasteiger partial charge in [-0.25, -0.2) is 4.68 Å². The Bertz CT molecular complexity index is 611. The predicted molar refractivity (Wildman–Crippen MR) is 77.3 cm³/mol. The predicted octanol–water partition coefficient (Wildman–Crippen LogP) is 1.52. The third kappa shape index (κ3) is 2.80. The Labute approximate surface area is 123 Å². The summed E-state index contributed by atoms with van der Waals surface area (Å²) in [6.07, 6.45) is 7.68. The lowest BCUT2D eigenvalue weighted by Crippen LogP contribution is -2.48. The number of hydrogen-bond acceptors (Lipinski definition) is 4. The quantitative estimate of drug-likeness (QED) is 0.858. The Morgan fingerprint density at radius 2 is 2.24 bits per heavy atom. The van der Waals surface area contributed by atoms with Crippen LogP contribution in [0.5, 0.6) is 0 Å². The van der Waals surface area contributed by atoms with E-state index in [0.29, 0.717) is 25.3 Å². The van der Waals surface area contributed by atoms with Crippen LogP contribution < -0.4 is 0 Å². The first-order valence-electron chi connectivity index (χ1n) is 7.13. The monoisotopic (exact) mass is 286 g/mol. The normalized spacial score (nSPS) is 18.7. The fourth-order valence-electron chi connectivity index (χ4n) is 2.50. The van der Waals surface area contributed by atoms with Crippen LogP contribution in [0.1, 0.15) is 23.7 Å². The van der Waals surface area contributed by atoms with E-state index in [2.05, 4.69) is 17.0 Å². The van der Waals surface area contributed by atoms with Crippen LogP contribution in [0.3, 0.4) is 0 Å². The number of amides is 1. The van der Waals surface area contributed by atoms with Crippen LogP contribution in [0.2, 0.25) is 0 Å². The Morgan fingerprint density at radius 3 is 3.00 bits per heavy atom. The number of pyridine rings is 1. The van der Waals surface area contributed by atoms with Crippen LogP contribution in [0, 0.1) is 0 Å². The van der Waals surface area contributed by atoms with Gasteiger partial charge in [-0.2, -0.15) is 5.10 Å². The second-order valence-electron chi connectivity index (χ2n) is 5.01. The number of hydrogen-bond donors (Lipinski definition) is 0. The summed E-state index contributed by atoms with van der Waals surface area (Å²) in [4.78, 5) is 18.5. The van der Waals surface area contributed by atoms with Gasteiger partial charge in [-0.05, 0) is 18.6 Å². The van der Waals surface area contributed by atoms with Gasteiger partial charge in [0.1, 0.15) is 0 Å². The highest BCUT2D eigenvalue weighted by molar-refractivity contribution is 5.94. The zero-order valence-electron chi connectivity index (χ0n) is 12.0. The van der Waals surface area contributed by atoms with Gasteiger partial charge < -0.3 is 9.64 Å². The third-order valence-corrected chi connectivity index (χ3v) is 3.72. The van der Waals surface area contributed by atoms with Crippen molar-refractivity contribution in [3.05, 3.63) is 42.5 Å². The summed E-state index contributed by atoms with van der Waals surface area (Å²) in [5.41, 5.74) is 1.49. The highest BCUT2D eigenvalue weighted by Gasteiger charge is 2.27. The zero-order chi connectivity index (χ0) is 14.7. The standard InChI is InChI=1S/C15H18N4O2/c1-2-13-11-21-8-7-18(13)15(20)12-9-17-19(10-12)14-3-5-16-6-4-14/h3-6,9-10,13H,2,7-8,11H2,1H3/t13-/m0/s1. The average Bonchev–Trinajstić information content (AvgIpc) is 3.05. The molecule has 0 unspecified atom stereocenters. The molecule has 0 radical (unpaired) electrons. The molecule has 21 heavy (non-hydrogen) atoms. The Balaban J connectivity index is 1.81. The van der Waals surface area contributed by atoms with E-state index in [1.807, 2.05) is 17.0 Å². The molecule has 110 valence electrons. The van der Waals surface area contributed by atoms with Crippen LogP contribution in [0.15, 0.2) is 36.9 Å². The molecule has 0 bridgehead atoms. The number of carbonyl (C=O) groups is 1. The number of carbonyl (C=O) groups excluding carboxylic acids is 1. The van der Waals surface area contributed by atoms with Gasteiger partial charge in [-0.3, -0.25) is 9.78 Å². The number of aromatic nitrogens is 3. The summed E-state index contributed by atoms with van der Waals surface area (Å²) < 4.78 is 7.13. The number of nitrogens with zero attached hydrogens (tertiary/aromatic N) is 4. The average molecular weight is 286 g/mol. The molecule has 2 aromatic heterocycles. The molecule has 1 aliphatic rings. The minimum Gasteiger partial charge on any atom is -0.377 e. The number of morpholine rings is 1. The van der Waals surface area contributed by atoms with Crippen molar-refractivity contribution in [1.82, 2.24) is 19.7 Å². The molecule has 6 nitrogen and oxygen atoms in total. The van der Waals surface area contributed by atoms with Crippen LogP contribution in [-0.2, 0) is 4.74 Å². The van der Waals surface area contributed by atoms with Crippen molar-refractivity contribution in [3.8, 4) is 5.69 Å². The first kappa shape index (κ1) is 13.8. The van der Waals surface area contributed by atoms with Crippen LogP contribution in [-0.4, -0.2) is 51.4 Å². The van der Waals surface area contributed by atoms with E-state index in [9.17, 15) is 4.79 Å². The first-order valence-corrected chi connectivity index (χ1v) is 7.13. The Hall–Kier alpha value is -2.21. The minimum absolute atomic E-state index is 0.0189. The molecule has 3 heterocycles. The van der Waals surface area contributed by atoms with Crippen molar-refractivity contribution in [3.63, 3.8) is 0 Å². The molecule has 0 aromatic carbocycles. The van der Waals surface area contributed by atoms with E-state index >= 15 is 0 Å². The molecular formula is C15H18N4O2. The summed E-state index contributed by atoms with van der Waals surface area (Å²) >= 11 is 0. The smallest absolute Gasteiger partial charge is 0.257 e. The summed E-state index contributed by atoms with van der Waals surface area (Å²) in [6.45, 7) is 3.92. The van der Waals surface area contributed by atoms with Crippen LogP contribution in [0.25, 0.3) is 5.69 Å². The lowest BCUT2D eigenvalue weighted by molar-refractivity contribution is -0.00279. The SMILES string of the molecule is CC[C@H]1COCCN1C(=O)c1cnn(-c2ccncc2)c1. The van der Waals surface area contributed by atoms with Crippen molar-refractivity contribution in [1.29, 1.82) is 0 Å². The maximum atomic E-state index is 12.6. The molecule has 1 atom stereocenters. The fraction of sp³-hybridized carbons (Fsp3) is 0.400. The maximum Gasteiger partial charge on any atom is 0.257 e. The molecule has 1 aliphatic heterocycles. The van der Waals surface area contributed by atoms with E-state index in [1.165, 1.54) is 0 Å². The summed E-state index contributed by atoms with van der Waals surface area (Å²) in [5.74, 6) is 0.0189. The van der Waals surface area contributed by atoms with E-state index in [0.717, 1.165) is 12.1 Å². The van der Waals surface area contributed by atoms with Crippen molar-refractivity contribution in [2.45, 2.75) is 19.4 Å². The van der Waals surface area contributed by atoms with Gasteiger partial charge in [0.2, 0.25) is 0 Å². The Kier molecular flexibility index (Phi) is 3.96. The van der Waals surface area contributed by atoms with Crippen molar-refractivity contribution in [2.75, 3.05) is 19.8 Å².